The van der Waals surface area contributed by atoms with Crippen LogP contribution in [0.1, 0.15) is 29.3 Å². The Morgan fingerprint density at radius 3 is 2.77 bits per heavy atom. The number of guanidine groups is 1. The van der Waals surface area contributed by atoms with Crippen LogP contribution in [0.15, 0.2) is 40.7 Å². The molecule has 0 aliphatic carbocycles. The molecule has 1 aromatic heterocycles. The number of thiophene rings is 1. The van der Waals surface area contributed by atoms with Crippen molar-refractivity contribution in [3.05, 3.63) is 51.7 Å². The van der Waals surface area contributed by atoms with E-state index in [0.29, 0.717) is 13.0 Å². The predicted octanol–water partition coefficient (Wildman–Crippen LogP) is 3.75. The largest absolute Gasteiger partial charge is 0.497 e. The Morgan fingerprint density at radius 1 is 1.30 bits per heavy atom. The number of nitrogens with one attached hydrogen (secondary N) is 1. The Hall–Kier alpha value is -1.81. The van der Waals surface area contributed by atoms with E-state index < -0.39 is 0 Å². The highest BCUT2D eigenvalue weighted by atomic mass is 127. The molecule has 1 aliphatic heterocycles. The molecule has 1 N–H and O–H groups in total. The van der Waals surface area contributed by atoms with Gasteiger partial charge in [0.2, 0.25) is 5.91 Å². The van der Waals surface area contributed by atoms with E-state index in [1.165, 1.54) is 16.0 Å². The highest BCUT2D eigenvalue weighted by Gasteiger charge is 2.21. The second-order valence-corrected chi connectivity index (χ2v) is 8.12. The van der Waals surface area contributed by atoms with E-state index in [0.717, 1.165) is 44.3 Å². The van der Waals surface area contributed by atoms with Gasteiger partial charge in [0, 0.05) is 44.5 Å². The van der Waals surface area contributed by atoms with E-state index in [2.05, 4.69) is 38.8 Å². The van der Waals surface area contributed by atoms with Crippen molar-refractivity contribution < 1.29 is 9.53 Å². The number of hydrogen-bond donors (Lipinski definition) is 1. The number of hydrogen-bond acceptors (Lipinski definition) is 4. The number of halogens is 1. The molecule has 1 amide bonds. The maximum atomic E-state index is 12.6. The van der Waals surface area contributed by atoms with Crippen LogP contribution in [-0.2, 0) is 24.3 Å². The first kappa shape index (κ1) is 24.5. The van der Waals surface area contributed by atoms with Crippen LogP contribution >= 0.6 is 35.3 Å². The molecule has 6 nitrogen and oxygen atoms in total. The Labute approximate surface area is 200 Å². The van der Waals surface area contributed by atoms with Gasteiger partial charge >= 0.3 is 0 Å². The second kappa shape index (κ2) is 12.1. The van der Waals surface area contributed by atoms with Crippen molar-refractivity contribution >= 4 is 47.2 Å². The van der Waals surface area contributed by atoms with Gasteiger partial charge in [0.15, 0.2) is 5.96 Å². The standard InChI is InChI=1S/C22H30N4O2S.HI/c1-4-23-22(25(2)15-17-5-7-19(28-3)8-6-17)24-12-9-21(27)26-13-10-20-18(16-26)11-14-29-20;/h5-8,11,14H,4,9-10,12-13,15-16H2,1-3H3,(H,23,24);1H. The molecular weight excluding hydrogens is 511 g/mol. The van der Waals surface area contributed by atoms with Gasteiger partial charge < -0.3 is 19.9 Å². The predicted molar refractivity (Wildman–Crippen MR) is 134 cm³/mol. The van der Waals surface area contributed by atoms with Gasteiger partial charge in [-0.15, -0.1) is 35.3 Å². The maximum absolute atomic E-state index is 12.6. The van der Waals surface area contributed by atoms with Crippen LogP contribution in [0.5, 0.6) is 5.75 Å². The zero-order chi connectivity index (χ0) is 20.6. The highest BCUT2D eigenvalue weighted by molar-refractivity contribution is 14.0. The summed E-state index contributed by atoms with van der Waals surface area (Å²) in [5, 5.41) is 5.43. The van der Waals surface area contributed by atoms with E-state index >= 15 is 0 Å². The molecule has 0 spiro atoms. The van der Waals surface area contributed by atoms with Crippen molar-refractivity contribution in [2.75, 3.05) is 33.8 Å². The summed E-state index contributed by atoms with van der Waals surface area (Å²) < 4.78 is 5.22. The molecule has 0 saturated carbocycles. The summed E-state index contributed by atoms with van der Waals surface area (Å²) in [7, 11) is 3.68. The molecule has 2 aromatic rings. The molecule has 2 heterocycles. The van der Waals surface area contributed by atoms with Gasteiger partial charge in [0.05, 0.1) is 13.7 Å². The van der Waals surface area contributed by atoms with Crippen LogP contribution in [0.25, 0.3) is 0 Å². The maximum Gasteiger partial charge on any atom is 0.224 e. The van der Waals surface area contributed by atoms with Crippen LogP contribution in [0.3, 0.4) is 0 Å². The first-order chi connectivity index (χ1) is 14.1. The minimum absolute atomic E-state index is 0. The van der Waals surface area contributed by atoms with Crippen molar-refractivity contribution in [2.24, 2.45) is 4.99 Å². The Balaban J connectivity index is 0.00000320. The fourth-order valence-electron chi connectivity index (χ4n) is 3.43. The quantitative estimate of drug-likeness (QED) is 0.329. The summed E-state index contributed by atoms with van der Waals surface area (Å²) in [4.78, 5) is 22.7. The summed E-state index contributed by atoms with van der Waals surface area (Å²) in [6, 6.07) is 10.2. The second-order valence-electron chi connectivity index (χ2n) is 7.12. The summed E-state index contributed by atoms with van der Waals surface area (Å²) in [5.74, 6) is 1.84. The first-order valence-electron chi connectivity index (χ1n) is 10.1. The number of ether oxygens (including phenoxy) is 1. The number of methoxy groups -OCH3 is 1. The molecule has 8 heteroatoms. The number of carbonyl (C=O) groups excluding carboxylic acids is 1. The van der Waals surface area contributed by atoms with Gasteiger partial charge in [-0.05, 0) is 48.1 Å². The van der Waals surface area contributed by atoms with E-state index in [1.807, 2.05) is 31.0 Å². The number of fused-ring (bicyclic) bond motifs is 1. The molecule has 164 valence electrons. The first-order valence-corrected chi connectivity index (χ1v) is 10.9. The van der Waals surface area contributed by atoms with Crippen LogP contribution in [-0.4, -0.2) is 55.5 Å². The minimum atomic E-state index is 0. The van der Waals surface area contributed by atoms with Gasteiger partial charge in [-0.2, -0.15) is 0 Å². The third kappa shape index (κ3) is 6.60. The Kier molecular flexibility index (Phi) is 9.90. The average molecular weight is 542 g/mol. The zero-order valence-corrected chi connectivity index (χ0v) is 21.0. The van der Waals surface area contributed by atoms with Crippen molar-refractivity contribution in [1.82, 2.24) is 15.1 Å². The molecule has 0 fully saturated rings. The van der Waals surface area contributed by atoms with Crippen LogP contribution < -0.4 is 10.1 Å². The number of benzene rings is 1. The molecular formula is C22H31IN4O2S. The SMILES string of the molecule is CCNC(=NCCC(=O)N1CCc2sccc2C1)N(C)Cc1ccc(OC)cc1.I. The van der Waals surface area contributed by atoms with Crippen LogP contribution in [0.4, 0.5) is 0 Å². The highest BCUT2D eigenvalue weighted by Crippen LogP contribution is 2.24. The third-order valence-corrected chi connectivity index (χ3v) is 6.05. The van der Waals surface area contributed by atoms with Crippen molar-refractivity contribution in [3.63, 3.8) is 0 Å². The molecule has 0 atom stereocenters. The van der Waals surface area contributed by atoms with Gasteiger partial charge in [-0.25, -0.2) is 0 Å². The van der Waals surface area contributed by atoms with Gasteiger partial charge in [0.25, 0.3) is 0 Å². The number of nitrogens with zero attached hydrogens (tertiary/aromatic N) is 3. The monoisotopic (exact) mass is 542 g/mol. The zero-order valence-electron chi connectivity index (χ0n) is 17.9. The molecule has 30 heavy (non-hydrogen) atoms. The lowest BCUT2D eigenvalue weighted by molar-refractivity contribution is -0.131. The van der Waals surface area contributed by atoms with E-state index in [1.54, 1.807) is 18.4 Å². The van der Waals surface area contributed by atoms with Crippen molar-refractivity contribution in [1.29, 1.82) is 0 Å². The fourth-order valence-corrected chi connectivity index (χ4v) is 4.32. The molecule has 0 radical (unpaired) electrons. The minimum Gasteiger partial charge on any atom is -0.497 e. The number of aliphatic imine (C=N–C) groups is 1. The van der Waals surface area contributed by atoms with E-state index in [4.69, 9.17) is 4.74 Å². The normalized spacial score (nSPS) is 13.3. The smallest absolute Gasteiger partial charge is 0.224 e. The van der Waals surface area contributed by atoms with Gasteiger partial charge in [-0.1, -0.05) is 12.1 Å². The molecule has 1 aliphatic rings. The molecule has 0 saturated heterocycles. The Bertz CT molecular complexity index is 838. The number of carbonyl (C=O) groups is 1. The molecule has 3 rings (SSSR count). The number of amides is 1. The third-order valence-electron chi connectivity index (χ3n) is 5.02. The molecule has 0 bridgehead atoms. The molecule has 1 aromatic carbocycles. The van der Waals surface area contributed by atoms with Crippen LogP contribution in [0, 0.1) is 0 Å². The number of rotatable bonds is 7. The van der Waals surface area contributed by atoms with E-state index in [-0.39, 0.29) is 29.9 Å². The van der Waals surface area contributed by atoms with Gasteiger partial charge in [-0.3, -0.25) is 9.79 Å². The summed E-state index contributed by atoms with van der Waals surface area (Å²) >= 11 is 1.79. The van der Waals surface area contributed by atoms with E-state index in [9.17, 15) is 4.79 Å². The Morgan fingerprint density at radius 2 is 2.07 bits per heavy atom. The fraction of sp³-hybridized carbons (Fsp3) is 0.455. The molecule has 0 unspecified atom stereocenters. The van der Waals surface area contributed by atoms with Crippen molar-refractivity contribution in [2.45, 2.75) is 32.9 Å². The van der Waals surface area contributed by atoms with Crippen LogP contribution in [0.2, 0.25) is 0 Å². The lowest BCUT2D eigenvalue weighted by Gasteiger charge is -2.27. The average Bonchev–Trinajstić information content (AvgIpc) is 3.21. The van der Waals surface area contributed by atoms with Gasteiger partial charge in [0.1, 0.15) is 5.75 Å². The lowest BCUT2D eigenvalue weighted by atomic mass is 10.1. The summed E-state index contributed by atoms with van der Waals surface area (Å²) in [6.07, 6.45) is 1.40. The lowest BCUT2D eigenvalue weighted by Crippen LogP contribution is -2.39. The topological polar surface area (TPSA) is 57.2 Å². The summed E-state index contributed by atoms with van der Waals surface area (Å²) in [5.41, 5.74) is 2.47. The van der Waals surface area contributed by atoms with Crippen molar-refractivity contribution in [3.8, 4) is 5.75 Å². The summed E-state index contributed by atoms with van der Waals surface area (Å²) in [6.45, 7) is 5.60.